The number of amides is 5. The largest absolute Gasteiger partial charge is 0.497 e. The molecule has 5 aliphatic carbocycles. The van der Waals surface area contributed by atoms with Crippen LogP contribution in [0.1, 0.15) is 201 Å². The van der Waals surface area contributed by atoms with Gasteiger partial charge in [-0.05, 0) is 253 Å². The molecule has 2 unspecified atom stereocenters. The quantitative estimate of drug-likeness (QED) is 0.0210. The molecule has 32 heteroatoms. The van der Waals surface area contributed by atoms with Crippen molar-refractivity contribution in [2.24, 2.45) is 25.9 Å². The molecule has 2 aliphatic heterocycles. The number of H-pyrrole nitrogens is 6. The van der Waals surface area contributed by atoms with E-state index in [0.29, 0.717) is 83.8 Å². The van der Waals surface area contributed by atoms with Gasteiger partial charge in [-0.25, -0.2) is 14.3 Å². The van der Waals surface area contributed by atoms with E-state index in [1.807, 2.05) is 164 Å². The van der Waals surface area contributed by atoms with E-state index >= 15 is 0 Å². The van der Waals surface area contributed by atoms with E-state index in [9.17, 15) is 33.0 Å². The lowest BCUT2D eigenvalue weighted by Crippen LogP contribution is -2.48. The highest BCUT2D eigenvalue weighted by molar-refractivity contribution is 7.97. The molecule has 7 fully saturated rings. The number of ketones is 1. The van der Waals surface area contributed by atoms with Gasteiger partial charge >= 0.3 is 0 Å². The minimum absolute atomic E-state index is 0.00676. The number of Topliss-reactive ketones (excluding diaryl/α,β-unsaturated/α-hetero) is 1. The van der Waals surface area contributed by atoms with Crippen LogP contribution in [-0.2, 0) is 40.3 Å². The lowest BCUT2D eigenvalue weighted by Gasteiger charge is -2.38. The van der Waals surface area contributed by atoms with Crippen LogP contribution in [0.25, 0.3) is 65.7 Å². The molecule has 5 saturated carbocycles. The van der Waals surface area contributed by atoms with Gasteiger partial charge in [-0.2, -0.15) is 5.10 Å². The first-order chi connectivity index (χ1) is 67.2. The Bertz CT molecular complexity index is 7460. The molecule has 23 rings (SSSR count). The Balaban J connectivity index is 0.000000111. The van der Waals surface area contributed by atoms with Crippen LogP contribution in [0.4, 0.5) is 0 Å². The van der Waals surface area contributed by atoms with Crippen LogP contribution in [0.15, 0.2) is 238 Å². The predicted molar refractivity (Wildman–Crippen MR) is 556 cm³/mol. The van der Waals surface area contributed by atoms with Crippen LogP contribution in [0.3, 0.4) is 0 Å². The molecule has 7 aliphatic rings. The van der Waals surface area contributed by atoms with Crippen LogP contribution in [0.2, 0.25) is 20.1 Å². The van der Waals surface area contributed by atoms with Gasteiger partial charge in [0.05, 0.1) is 53.3 Å². The summed E-state index contributed by atoms with van der Waals surface area (Å²) >= 11 is 23.9. The van der Waals surface area contributed by atoms with Crippen molar-refractivity contribution < 1.29 is 42.4 Å². The zero-order valence-electron chi connectivity index (χ0n) is 79.2. The Labute approximate surface area is 831 Å². The van der Waals surface area contributed by atoms with Crippen molar-refractivity contribution in [2.75, 3.05) is 46.7 Å². The maximum absolute atomic E-state index is 12.8. The number of benzene rings is 6. The molecule has 11 N–H and O–H groups in total. The highest BCUT2D eigenvalue weighted by Gasteiger charge is 2.54. The number of pyridine rings is 2. The number of carbonyl (C=O) groups is 6. The summed E-state index contributed by atoms with van der Waals surface area (Å²) in [7, 11) is 4.98. The number of likely N-dealkylation sites (tertiary alicyclic amines) is 1. The van der Waals surface area contributed by atoms with Gasteiger partial charge in [0.15, 0.2) is 5.78 Å². The number of ether oxygens (including phenoxy) is 2. The second-order valence-corrected chi connectivity index (χ2v) is 42.6. The zero-order chi connectivity index (χ0) is 98.2. The van der Waals surface area contributed by atoms with Crippen LogP contribution in [-0.4, -0.2) is 167 Å². The lowest BCUT2D eigenvalue weighted by atomic mass is 9.87. The van der Waals surface area contributed by atoms with Gasteiger partial charge in [0, 0.05) is 198 Å². The number of aromatic amines is 6. The van der Waals surface area contributed by atoms with Gasteiger partial charge in [0.2, 0.25) is 0 Å². The van der Waals surface area contributed by atoms with Gasteiger partial charge in [0.1, 0.15) is 51.3 Å². The summed E-state index contributed by atoms with van der Waals surface area (Å²) in [5, 5.41) is 28.0. The average Bonchev–Trinajstić information content (AvgIpc) is 1.63. The van der Waals surface area contributed by atoms with Crippen molar-refractivity contribution in [3.8, 4) is 11.5 Å². The number of aromatic nitrogens is 11. The number of piperidine rings is 2. The molecule has 0 radical (unpaired) electrons. The molecular weight excluding hydrogens is 1870 g/mol. The van der Waals surface area contributed by atoms with Crippen LogP contribution in [0, 0.1) is 11.8 Å². The Morgan fingerprint density at radius 1 is 0.464 bits per heavy atom. The maximum Gasteiger partial charge on any atom is 0.268 e. The van der Waals surface area contributed by atoms with Crippen LogP contribution < -0.4 is 36.1 Å². The monoisotopic (exact) mass is 1980 g/mol. The van der Waals surface area contributed by atoms with Crippen molar-refractivity contribution in [2.45, 2.75) is 144 Å². The fourth-order valence-corrected chi connectivity index (χ4v) is 21.1. The molecule has 5 amide bonds. The summed E-state index contributed by atoms with van der Waals surface area (Å²) in [5.74, 6) is 6.08. The normalized spacial score (nSPS) is 17.2. The van der Waals surface area contributed by atoms with Crippen LogP contribution in [0.5, 0.6) is 11.5 Å². The van der Waals surface area contributed by atoms with E-state index < -0.39 is 9.71 Å². The third-order valence-electron chi connectivity index (χ3n) is 28.3. The van der Waals surface area contributed by atoms with E-state index in [2.05, 4.69) is 144 Å². The first kappa shape index (κ1) is 96.9. The number of rotatable bonds is 23. The molecule has 16 aromatic rings. The Morgan fingerprint density at radius 2 is 0.893 bits per heavy atom. The van der Waals surface area contributed by atoms with Gasteiger partial charge in [-0.3, -0.25) is 37.7 Å². The summed E-state index contributed by atoms with van der Waals surface area (Å²) < 4.78 is 28.3. The smallest absolute Gasteiger partial charge is 0.268 e. The van der Waals surface area contributed by atoms with Gasteiger partial charge in [-0.15, -0.1) is 0 Å². The topological polar surface area (TPSA) is 348 Å². The van der Waals surface area contributed by atoms with Gasteiger partial charge < -0.3 is 75.4 Å². The van der Waals surface area contributed by atoms with Crippen molar-refractivity contribution in [3.63, 3.8) is 0 Å². The molecule has 10 aromatic heterocycles. The number of allylic oxidation sites excluding steroid dienone is 1. The van der Waals surface area contributed by atoms with Crippen molar-refractivity contribution in [1.82, 2.24) is 90.0 Å². The van der Waals surface area contributed by atoms with Crippen molar-refractivity contribution in [1.29, 1.82) is 0 Å². The summed E-state index contributed by atoms with van der Waals surface area (Å²) in [6.07, 6.45) is 27.5. The standard InChI is InChI=1S/C20H24ClN3O.C20H19NO2.C19H24ClN3O2S.C18H19N3O2.C17H14ClN3O.C14H14ClN5O/c1-13(2)24-9-5-15(6-10-24)20(7-8-20)23-19(25)18-12-14-11-16(21)3-4-17(14)22-18;1-23-16-8-7-14-11-18(21-17(14)12-16)19(22)13-20(9-10-20)15-5-3-2-4-6-15;1-26(2,25)23-9-5-14(6-10-23)19(7-8-19)22-18(24)17-12-13-11-15(20)3-4-16(13)21-17;1-21-8-5-13(11-21)18(6-7-18)20-17(22)16-9-12-3-4-14(23-2)10-15(12)19-16;18-13-8-11-9-14(20-15(11)19-10-13)16(22)21-17(6-7-17)12-4-2-1-3-5-12;1-8(10-5-17-20(2)7-10)18-14(21)12-4-9-3-11(15)6-16-13(9)19-12/h3-4,11-12,15,22H,1,5-10H2,2H3,(H,23,25);2-8,11-12,21H,9-10,13H2,1H3;3-4,11-12,14,21H,1,5-10H2,2H3,(H,22,24);3-5,8-11,19H,6-7H2,1-2H3,(H,20,22);1-5,8-10H,6-7H2,(H,19,20)(H,21,22);3-8H,1-2H3,(H,16,19)(H,18,21). The molecule has 140 heavy (non-hydrogen) atoms. The zero-order valence-corrected chi connectivity index (χ0v) is 83.0. The minimum Gasteiger partial charge on any atom is -0.497 e. The van der Waals surface area contributed by atoms with Gasteiger partial charge in [0.25, 0.3) is 29.5 Å². The highest BCUT2D eigenvalue weighted by Crippen LogP contribution is 2.53. The Kier molecular flexibility index (Phi) is 27.8. The predicted octanol–water partition coefficient (Wildman–Crippen LogP) is 20.9. The first-order valence-corrected chi connectivity index (χ1v) is 50.9. The fraction of sp³-hybridized carbons (Fsp3) is 0.315. The number of fused-ring (bicyclic) bond motifs is 6. The van der Waals surface area contributed by atoms with Crippen LogP contribution >= 0.6 is 46.4 Å². The lowest BCUT2D eigenvalue weighted by molar-refractivity contribution is 0.0879. The molecule has 0 spiro atoms. The van der Waals surface area contributed by atoms with Crippen molar-refractivity contribution >= 4 is 163 Å². The Hall–Kier alpha value is -13.4. The third-order valence-corrected chi connectivity index (χ3v) is 30.7. The van der Waals surface area contributed by atoms with E-state index in [1.54, 1.807) is 68.0 Å². The number of methoxy groups -OCH3 is 2. The molecule has 27 nitrogen and oxygen atoms in total. The number of hydrogen-bond acceptors (Lipinski definition) is 13. The molecule has 6 aromatic carbocycles. The molecule has 0 bridgehead atoms. The first-order valence-electron chi connectivity index (χ1n) is 47.2. The summed E-state index contributed by atoms with van der Waals surface area (Å²) in [6.45, 7) is 11.7. The molecule has 2 saturated heterocycles. The number of aryl methyl sites for hydroxylation is 2. The number of nitrogens with zero attached hydrogens (tertiary/aromatic N) is 7. The SMILES string of the molecule is C=C(C)N1CCC(C2(NC(=O)c3cc4cc(Cl)ccc4[nH]3)CC2)CC1.C=S(C)(=O)N1CCC(C2(NC(=O)c3cc4cc(Cl)ccc4[nH]3)CC2)CC1.CC(NC(=O)c1cc2cc(Cl)cnc2[nH]1)c1cnn(C)c1.COc1ccc2cc(C(=O)CC3(c4ccccc4)CC3)[nH]c2c1.COc1ccc2cc(C(=O)NC3(c4ccn(C)c4)CC3)[nH]c2c1.O=C(NC1(c2ccccc2)CC1)c1cc2cc(Cl)cnc2[nH]1. The minimum atomic E-state index is -2.13. The second kappa shape index (κ2) is 40.1. The summed E-state index contributed by atoms with van der Waals surface area (Å²) in [5.41, 5.74) is 13.6. The van der Waals surface area contributed by atoms with E-state index in [4.69, 9.17) is 55.9 Å². The van der Waals surface area contributed by atoms with Crippen molar-refractivity contribution in [3.05, 3.63) is 314 Å². The summed E-state index contributed by atoms with van der Waals surface area (Å²) in [6, 6.07) is 59.8. The Morgan fingerprint density at radius 3 is 1.34 bits per heavy atom. The maximum atomic E-state index is 12.8. The fourth-order valence-electron chi connectivity index (χ4n) is 19.4. The number of halogens is 4. The van der Waals surface area contributed by atoms with Gasteiger partial charge in [-0.1, -0.05) is 114 Å². The number of nitrogens with one attached hydrogen (secondary N) is 11. The number of hydrogen-bond donors (Lipinski definition) is 11. The second-order valence-electron chi connectivity index (χ2n) is 38.4. The summed E-state index contributed by atoms with van der Waals surface area (Å²) in [4.78, 5) is 105. The van der Waals surface area contributed by atoms with E-state index in [0.717, 1.165) is 199 Å². The molecule has 12 heterocycles. The third kappa shape index (κ3) is 22.3. The van der Waals surface area contributed by atoms with E-state index in [1.165, 1.54) is 11.1 Å². The van der Waals surface area contributed by atoms with E-state index in [-0.39, 0.29) is 68.9 Å². The molecule has 2 atom stereocenters. The number of carbonyl (C=O) groups excluding carboxylic acids is 6. The highest BCUT2D eigenvalue weighted by atomic mass is 35.5. The molecular formula is C108H114Cl4N18O9S. The molecule has 724 valence electrons. The average molecular weight is 1980 g/mol.